The molecule has 92 valence electrons. The number of nitrogens with two attached hydrogens (primary N) is 1. The first-order valence-corrected chi connectivity index (χ1v) is 5.04. The number of hydrogen-bond acceptors (Lipinski definition) is 5. The van der Waals surface area contributed by atoms with E-state index in [0.717, 1.165) is 0 Å². The summed E-state index contributed by atoms with van der Waals surface area (Å²) in [4.78, 5) is 25.6. The summed E-state index contributed by atoms with van der Waals surface area (Å²) in [5.41, 5.74) is 5.92. The van der Waals surface area contributed by atoms with E-state index in [-0.39, 0.29) is 17.1 Å². The fraction of sp³-hybridized carbons (Fsp3) is 0.300. The number of halogens is 1. The van der Waals surface area contributed by atoms with Gasteiger partial charge in [0.15, 0.2) is 0 Å². The Bertz CT molecular complexity index is 450. The van der Waals surface area contributed by atoms with Crippen molar-refractivity contribution in [1.29, 1.82) is 0 Å². The highest BCUT2D eigenvalue weighted by molar-refractivity contribution is 6.32. The third-order valence-corrected chi connectivity index (χ3v) is 2.39. The Kier molecular flexibility index (Phi) is 4.42. The number of carboxylic acids is 1. The average Bonchev–Trinajstić information content (AvgIpc) is 2.30. The number of pyridine rings is 1. The molecule has 0 spiro atoms. The normalized spacial score (nSPS) is 11.9. The molecule has 1 aromatic rings. The summed E-state index contributed by atoms with van der Waals surface area (Å²) in [5, 5.41) is 8.73. The maximum Gasteiger partial charge on any atom is 0.338 e. The van der Waals surface area contributed by atoms with E-state index in [4.69, 9.17) is 22.4 Å². The van der Waals surface area contributed by atoms with Gasteiger partial charge in [0.05, 0.1) is 12.7 Å². The molecule has 17 heavy (non-hydrogen) atoms. The summed E-state index contributed by atoms with van der Waals surface area (Å²) >= 11 is 5.60. The molecule has 0 aromatic carbocycles. The SMILES string of the molecule is COC(=O)[C@H](N)Cc1cnc(Cl)c(C(=O)O)c1. The molecule has 0 aliphatic heterocycles. The van der Waals surface area contributed by atoms with Crippen LogP contribution in [-0.2, 0) is 16.0 Å². The summed E-state index contributed by atoms with van der Waals surface area (Å²) < 4.78 is 4.46. The third-order valence-electron chi connectivity index (χ3n) is 2.09. The van der Waals surface area contributed by atoms with Crippen molar-refractivity contribution < 1.29 is 19.4 Å². The number of aromatic carboxylic acids is 1. The molecule has 1 atom stereocenters. The van der Waals surface area contributed by atoms with E-state index in [0.29, 0.717) is 5.56 Å². The molecule has 0 amide bonds. The van der Waals surface area contributed by atoms with Gasteiger partial charge in [0.1, 0.15) is 11.2 Å². The fourth-order valence-corrected chi connectivity index (χ4v) is 1.43. The maximum absolute atomic E-state index is 11.1. The van der Waals surface area contributed by atoms with Crippen LogP contribution < -0.4 is 5.73 Å². The molecule has 0 saturated heterocycles. The van der Waals surface area contributed by atoms with Gasteiger partial charge in [-0.25, -0.2) is 9.78 Å². The smallest absolute Gasteiger partial charge is 0.338 e. The standard InChI is InChI=1S/C10H11ClN2O4/c1-17-10(16)7(12)3-5-2-6(9(14)15)8(11)13-4-5/h2,4,7H,3,12H2,1H3,(H,14,15)/t7-/m1/s1. The van der Waals surface area contributed by atoms with Gasteiger partial charge in [-0.15, -0.1) is 0 Å². The number of aromatic nitrogens is 1. The predicted molar refractivity (Wildman–Crippen MR) is 59.9 cm³/mol. The van der Waals surface area contributed by atoms with Gasteiger partial charge in [0.25, 0.3) is 0 Å². The van der Waals surface area contributed by atoms with Crippen molar-refractivity contribution in [1.82, 2.24) is 4.98 Å². The molecule has 1 rings (SSSR count). The van der Waals surface area contributed by atoms with Gasteiger partial charge in [-0.2, -0.15) is 0 Å². The summed E-state index contributed by atoms with van der Waals surface area (Å²) in [7, 11) is 1.23. The number of carbonyl (C=O) groups is 2. The van der Waals surface area contributed by atoms with Crippen LogP contribution in [0.1, 0.15) is 15.9 Å². The second-order valence-electron chi connectivity index (χ2n) is 3.32. The topological polar surface area (TPSA) is 103 Å². The van der Waals surface area contributed by atoms with E-state index < -0.39 is 18.0 Å². The Morgan fingerprint density at radius 3 is 2.82 bits per heavy atom. The number of methoxy groups -OCH3 is 1. The van der Waals surface area contributed by atoms with Gasteiger partial charge >= 0.3 is 11.9 Å². The summed E-state index contributed by atoms with van der Waals surface area (Å²) in [5.74, 6) is -1.76. The second kappa shape index (κ2) is 5.60. The molecule has 1 aromatic heterocycles. The highest BCUT2D eigenvalue weighted by Crippen LogP contribution is 2.15. The van der Waals surface area contributed by atoms with Crippen LogP contribution in [0.3, 0.4) is 0 Å². The number of rotatable bonds is 4. The molecule has 6 nitrogen and oxygen atoms in total. The van der Waals surface area contributed by atoms with Crippen molar-refractivity contribution in [2.24, 2.45) is 5.73 Å². The monoisotopic (exact) mass is 258 g/mol. The lowest BCUT2D eigenvalue weighted by atomic mass is 10.1. The first kappa shape index (κ1) is 13.4. The lowest BCUT2D eigenvalue weighted by Crippen LogP contribution is -2.33. The highest BCUT2D eigenvalue weighted by atomic mass is 35.5. The van der Waals surface area contributed by atoms with Crippen LogP contribution in [0.15, 0.2) is 12.3 Å². The largest absolute Gasteiger partial charge is 0.478 e. The van der Waals surface area contributed by atoms with Crippen molar-refractivity contribution >= 4 is 23.5 Å². The fourth-order valence-electron chi connectivity index (χ4n) is 1.24. The van der Waals surface area contributed by atoms with E-state index in [9.17, 15) is 9.59 Å². The number of carboxylic acid groups (broad SMARTS) is 1. The molecule has 0 saturated carbocycles. The molecule has 3 N–H and O–H groups in total. The third kappa shape index (κ3) is 3.40. The molecule has 0 unspecified atom stereocenters. The quantitative estimate of drug-likeness (QED) is 0.601. The summed E-state index contributed by atoms with van der Waals surface area (Å²) in [6.07, 6.45) is 1.51. The van der Waals surface area contributed by atoms with Crippen LogP contribution in [0, 0.1) is 0 Å². The van der Waals surface area contributed by atoms with Crippen LogP contribution in [0.2, 0.25) is 5.15 Å². The van der Waals surface area contributed by atoms with Gasteiger partial charge in [-0.05, 0) is 18.1 Å². The van der Waals surface area contributed by atoms with Crippen molar-refractivity contribution in [2.45, 2.75) is 12.5 Å². The first-order valence-electron chi connectivity index (χ1n) is 4.66. The minimum atomic E-state index is -1.18. The van der Waals surface area contributed by atoms with E-state index >= 15 is 0 Å². The van der Waals surface area contributed by atoms with Gasteiger partial charge < -0.3 is 15.6 Å². The van der Waals surface area contributed by atoms with Crippen LogP contribution in [0.4, 0.5) is 0 Å². The molecule has 0 aliphatic rings. The Balaban J connectivity index is 2.90. The zero-order chi connectivity index (χ0) is 13.0. The molecule has 0 bridgehead atoms. The van der Waals surface area contributed by atoms with Crippen molar-refractivity contribution in [3.63, 3.8) is 0 Å². The number of nitrogens with zero attached hydrogens (tertiary/aromatic N) is 1. The zero-order valence-electron chi connectivity index (χ0n) is 9.01. The second-order valence-corrected chi connectivity index (χ2v) is 3.68. The number of esters is 1. The van der Waals surface area contributed by atoms with Gasteiger partial charge in [0, 0.05) is 6.20 Å². The molecule has 0 radical (unpaired) electrons. The lowest BCUT2D eigenvalue weighted by molar-refractivity contribution is -0.142. The van der Waals surface area contributed by atoms with Crippen LogP contribution in [-0.4, -0.2) is 35.2 Å². The molecule has 0 fully saturated rings. The summed E-state index contributed by atoms with van der Waals surface area (Å²) in [6.45, 7) is 0. The lowest BCUT2D eigenvalue weighted by Gasteiger charge is -2.09. The number of hydrogen-bond donors (Lipinski definition) is 2. The summed E-state index contributed by atoms with van der Waals surface area (Å²) in [6, 6.07) is 0.477. The van der Waals surface area contributed by atoms with Gasteiger partial charge in [-0.1, -0.05) is 11.6 Å². The Morgan fingerprint density at radius 2 is 2.29 bits per heavy atom. The van der Waals surface area contributed by atoms with Crippen molar-refractivity contribution in [2.75, 3.05) is 7.11 Å². The van der Waals surface area contributed by atoms with Crippen molar-refractivity contribution in [3.05, 3.63) is 28.5 Å². The van der Waals surface area contributed by atoms with Crippen molar-refractivity contribution in [3.8, 4) is 0 Å². The highest BCUT2D eigenvalue weighted by Gasteiger charge is 2.17. The van der Waals surface area contributed by atoms with E-state index in [1.807, 2.05) is 0 Å². The van der Waals surface area contributed by atoms with E-state index in [1.165, 1.54) is 19.4 Å². The molecular formula is C10H11ClN2O4. The Hall–Kier alpha value is -1.66. The van der Waals surface area contributed by atoms with E-state index in [1.54, 1.807) is 0 Å². The number of carbonyl (C=O) groups excluding carboxylic acids is 1. The molecule has 0 aliphatic carbocycles. The maximum atomic E-state index is 11.1. The first-order chi connectivity index (χ1) is 7.95. The molecule has 7 heteroatoms. The van der Waals surface area contributed by atoms with Gasteiger partial charge in [-0.3, -0.25) is 4.79 Å². The van der Waals surface area contributed by atoms with Crippen LogP contribution in [0.25, 0.3) is 0 Å². The minimum Gasteiger partial charge on any atom is -0.478 e. The Labute approximate surface area is 102 Å². The van der Waals surface area contributed by atoms with Gasteiger partial charge in [0.2, 0.25) is 0 Å². The predicted octanol–water partition coefficient (Wildman–Crippen LogP) is 0.476. The van der Waals surface area contributed by atoms with E-state index in [2.05, 4.69) is 9.72 Å². The Morgan fingerprint density at radius 1 is 1.65 bits per heavy atom. The van der Waals surface area contributed by atoms with Crippen LogP contribution in [0.5, 0.6) is 0 Å². The number of ether oxygens (including phenoxy) is 1. The average molecular weight is 259 g/mol. The molecule has 1 heterocycles. The van der Waals surface area contributed by atoms with Crippen LogP contribution >= 0.6 is 11.6 Å². The minimum absolute atomic E-state index is 0.104. The zero-order valence-corrected chi connectivity index (χ0v) is 9.77. The molecular weight excluding hydrogens is 248 g/mol.